The summed E-state index contributed by atoms with van der Waals surface area (Å²) in [7, 11) is 0. The first-order valence-corrected chi connectivity index (χ1v) is 5.88. The molecule has 1 rings (SSSR count). The maximum Gasteiger partial charge on any atom is 0.0698 e. The van der Waals surface area contributed by atoms with E-state index in [0.717, 1.165) is 26.1 Å². The van der Waals surface area contributed by atoms with Crippen molar-refractivity contribution in [2.45, 2.75) is 19.3 Å². The molecule has 1 saturated heterocycles. The van der Waals surface area contributed by atoms with E-state index >= 15 is 0 Å². The van der Waals surface area contributed by atoms with Crippen LogP contribution in [0, 0.1) is 5.92 Å². The lowest BCUT2D eigenvalue weighted by Crippen LogP contribution is -2.37. The van der Waals surface area contributed by atoms with Gasteiger partial charge in [-0.1, -0.05) is 0 Å². The van der Waals surface area contributed by atoms with Crippen molar-refractivity contribution in [1.82, 2.24) is 4.90 Å². The van der Waals surface area contributed by atoms with Gasteiger partial charge in [0.15, 0.2) is 0 Å². The molecule has 90 valence electrons. The second kappa shape index (κ2) is 8.05. The molecule has 0 aromatic rings. The van der Waals surface area contributed by atoms with E-state index in [0.29, 0.717) is 25.7 Å². The van der Waals surface area contributed by atoms with Gasteiger partial charge in [-0.25, -0.2) is 0 Å². The lowest BCUT2D eigenvalue weighted by atomic mass is 9.95. The second-order valence-corrected chi connectivity index (χ2v) is 4.16. The van der Waals surface area contributed by atoms with Crippen molar-refractivity contribution in [2.24, 2.45) is 5.92 Å². The SMILES string of the molecule is OCCOCCN1CCCC(CCO)C1. The molecule has 1 fully saturated rings. The zero-order valence-corrected chi connectivity index (χ0v) is 9.40. The Bertz CT molecular complexity index is 153. The van der Waals surface area contributed by atoms with Crippen LogP contribution in [-0.4, -0.2) is 61.2 Å². The van der Waals surface area contributed by atoms with Crippen LogP contribution in [0.25, 0.3) is 0 Å². The first kappa shape index (κ1) is 12.9. The van der Waals surface area contributed by atoms with Crippen LogP contribution in [0.4, 0.5) is 0 Å². The van der Waals surface area contributed by atoms with Gasteiger partial charge in [-0.3, -0.25) is 0 Å². The molecule has 15 heavy (non-hydrogen) atoms. The Balaban J connectivity index is 2.07. The molecule has 1 aliphatic rings. The fraction of sp³-hybridized carbons (Fsp3) is 1.00. The van der Waals surface area contributed by atoms with Crippen LogP contribution in [0.5, 0.6) is 0 Å². The fourth-order valence-electron chi connectivity index (χ4n) is 2.13. The van der Waals surface area contributed by atoms with Crippen LogP contribution in [0.15, 0.2) is 0 Å². The Hall–Kier alpha value is -0.160. The summed E-state index contributed by atoms with van der Waals surface area (Å²) in [5, 5.41) is 17.4. The highest BCUT2D eigenvalue weighted by atomic mass is 16.5. The van der Waals surface area contributed by atoms with Crippen molar-refractivity contribution < 1.29 is 14.9 Å². The molecule has 2 N–H and O–H groups in total. The topological polar surface area (TPSA) is 52.9 Å². The number of hydrogen-bond donors (Lipinski definition) is 2. The van der Waals surface area contributed by atoms with Crippen molar-refractivity contribution in [1.29, 1.82) is 0 Å². The van der Waals surface area contributed by atoms with Crippen molar-refractivity contribution >= 4 is 0 Å². The first-order valence-electron chi connectivity index (χ1n) is 5.88. The van der Waals surface area contributed by atoms with E-state index in [1.165, 1.54) is 12.8 Å². The maximum absolute atomic E-state index is 8.88. The van der Waals surface area contributed by atoms with E-state index in [2.05, 4.69) is 4.90 Å². The van der Waals surface area contributed by atoms with Crippen molar-refractivity contribution in [3.05, 3.63) is 0 Å². The standard InChI is InChI=1S/C11H23NO3/c13-6-3-11-2-1-4-12(10-11)5-8-15-9-7-14/h11,13-14H,1-10H2. The van der Waals surface area contributed by atoms with Crippen LogP contribution < -0.4 is 0 Å². The summed E-state index contributed by atoms with van der Waals surface area (Å²) in [5.41, 5.74) is 0. The average molecular weight is 217 g/mol. The van der Waals surface area contributed by atoms with Crippen LogP contribution in [0.3, 0.4) is 0 Å². The molecular weight excluding hydrogens is 194 g/mol. The van der Waals surface area contributed by atoms with E-state index in [-0.39, 0.29) is 6.61 Å². The fourth-order valence-corrected chi connectivity index (χ4v) is 2.13. The number of aliphatic hydroxyl groups is 2. The lowest BCUT2D eigenvalue weighted by molar-refractivity contribution is 0.0600. The van der Waals surface area contributed by atoms with Gasteiger partial charge in [0.1, 0.15) is 0 Å². The van der Waals surface area contributed by atoms with Gasteiger partial charge in [-0.15, -0.1) is 0 Å². The van der Waals surface area contributed by atoms with E-state index in [9.17, 15) is 0 Å². The lowest BCUT2D eigenvalue weighted by Gasteiger charge is -2.32. The molecule has 0 saturated carbocycles. The molecule has 4 nitrogen and oxygen atoms in total. The molecule has 1 heterocycles. The smallest absolute Gasteiger partial charge is 0.0698 e. The summed E-state index contributed by atoms with van der Waals surface area (Å²) in [5.74, 6) is 0.654. The number of piperidine rings is 1. The summed E-state index contributed by atoms with van der Waals surface area (Å²) in [6, 6.07) is 0. The van der Waals surface area contributed by atoms with E-state index < -0.39 is 0 Å². The number of likely N-dealkylation sites (tertiary alicyclic amines) is 1. The highest BCUT2D eigenvalue weighted by molar-refractivity contribution is 4.72. The molecule has 0 aromatic carbocycles. The third-order valence-corrected chi connectivity index (χ3v) is 2.93. The minimum absolute atomic E-state index is 0.104. The van der Waals surface area contributed by atoms with Crippen LogP contribution >= 0.6 is 0 Å². The normalized spacial score (nSPS) is 23.2. The number of hydrogen-bond acceptors (Lipinski definition) is 4. The quantitative estimate of drug-likeness (QED) is 0.593. The zero-order valence-electron chi connectivity index (χ0n) is 9.40. The Morgan fingerprint density at radius 2 is 2.07 bits per heavy atom. The zero-order chi connectivity index (χ0) is 10.9. The number of rotatable bonds is 7. The molecule has 0 aromatic heterocycles. The highest BCUT2D eigenvalue weighted by Gasteiger charge is 2.18. The average Bonchev–Trinajstić information content (AvgIpc) is 2.26. The van der Waals surface area contributed by atoms with Crippen molar-refractivity contribution in [2.75, 3.05) is 46.1 Å². The third-order valence-electron chi connectivity index (χ3n) is 2.93. The van der Waals surface area contributed by atoms with Crippen LogP contribution in [0.2, 0.25) is 0 Å². The minimum Gasteiger partial charge on any atom is -0.396 e. The molecule has 0 aliphatic carbocycles. The van der Waals surface area contributed by atoms with E-state index in [1.54, 1.807) is 0 Å². The second-order valence-electron chi connectivity index (χ2n) is 4.16. The molecule has 0 spiro atoms. The number of aliphatic hydroxyl groups excluding tert-OH is 2. The minimum atomic E-state index is 0.104. The predicted molar refractivity (Wildman–Crippen MR) is 58.8 cm³/mol. The highest BCUT2D eigenvalue weighted by Crippen LogP contribution is 2.18. The molecule has 1 aliphatic heterocycles. The molecule has 0 radical (unpaired) electrons. The van der Waals surface area contributed by atoms with Gasteiger partial charge in [0.05, 0.1) is 19.8 Å². The Morgan fingerprint density at radius 1 is 1.20 bits per heavy atom. The summed E-state index contributed by atoms with van der Waals surface area (Å²) in [6.07, 6.45) is 3.40. The van der Waals surface area contributed by atoms with Gasteiger partial charge in [-0.2, -0.15) is 0 Å². The predicted octanol–water partition coefficient (Wildman–Crippen LogP) is 0.0897. The van der Waals surface area contributed by atoms with Crippen LogP contribution in [0.1, 0.15) is 19.3 Å². The third kappa shape index (κ3) is 5.47. The Morgan fingerprint density at radius 3 is 2.80 bits per heavy atom. The van der Waals surface area contributed by atoms with Gasteiger partial charge in [0.25, 0.3) is 0 Å². The summed E-state index contributed by atoms with van der Waals surface area (Å²) in [4.78, 5) is 2.39. The Kier molecular flexibility index (Phi) is 6.92. The largest absolute Gasteiger partial charge is 0.396 e. The van der Waals surface area contributed by atoms with Crippen molar-refractivity contribution in [3.8, 4) is 0 Å². The Labute approximate surface area is 91.8 Å². The number of nitrogens with zero attached hydrogens (tertiary/aromatic N) is 1. The first-order chi connectivity index (χ1) is 7.36. The van der Waals surface area contributed by atoms with Crippen molar-refractivity contribution in [3.63, 3.8) is 0 Å². The van der Waals surface area contributed by atoms with E-state index in [4.69, 9.17) is 14.9 Å². The maximum atomic E-state index is 8.88. The monoisotopic (exact) mass is 217 g/mol. The molecule has 1 unspecified atom stereocenters. The molecular formula is C11H23NO3. The van der Waals surface area contributed by atoms with Gasteiger partial charge in [0.2, 0.25) is 0 Å². The van der Waals surface area contributed by atoms with Gasteiger partial charge < -0.3 is 19.8 Å². The summed E-state index contributed by atoms with van der Waals surface area (Å²) in [6.45, 7) is 4.72. The van der Waals surface area contributed by atoms with E-state index in [1.807, 2.05) is 0 Å². The molecule has 0 amide bonds. The summed E-state index contributed by atoms with van der Waals surface area (Å²) >= 11 is 0. The molecule has 0 bridgehead atoms. The van der Waals surface area contributed by atoms with Crippen LogP contribution in [-0.2, 0) is 4.74 Å². The van der Waals surface area contributed by atoms with Gasteiger partial charge in [0, 0.05) is 19.7 Å². The molecule has 1 atom stereocenters. The summed E-state index contributed by atoms with van der Waals surface area (Å²) < 4.78 is 5.24. The van der Waals surface area contributed by atoms with Gasteiger partial charge in [-0.05, 0) is 31.7 Å². The van der Waals surface area contributed by atoms with Gasteiger partial charge >= 0.3 is 0 Å². The number of ether oxygens (including phenoxy) is 1. The molecule has 4 heteroatoms.